The number of amides is 1. The van der Waals surface area contributed by atoms with Crippen molar-refractivity contribution in [1.29, 1.82) is 0 Å². The Kier molecular flexibility index (Phi) is 3.47. The lowest BCUT2D eigenvalue weighted by Crippen LogP contribution is -2.23. The highest BCUT2D eigenvalue weighted by atomic mass is 19.1. The molecule has 1 aromatic rings. The van der Waals surface area contributed by atoms with E-state index in [9.17, 15) is 13.6 Å². The molecule has 0 aliphatic carbocycles. The maximum Gasteiger partial charge on any atom is 0.246 e. The molecule has 0 spiro atoms. The Labute approximate surface area is 103 Å². The summed E-state index contributed by atoms with van der Waals surface area (Å²) in [5, 5.41) is 1.10. The summed E-state index contributed by atoms with van der Waals surface area (Å²) in [7, 11) is 2.68. The zero-order chi connectivity index (χ0) is 13.3. The highest BCUT2D eigenvalue weighted by Crippen LogP contribution is 2.33. The molecule has 98 valence electrons. The number of methoxy groups -OCH3 is 1. The minimum atomic E-state index is -0.706. The quantitative estimate of drug-likeness (QED) is 0.829. The Hall–Kier alpha value is -1.69. The Morgan fingerprint density at radius 1 is 1.28 bits per heavy atom. The summed E-state index contributed by atoms with van der Waals surface area (Å²) in [6.45, 7) is 0.148. The molecule has 1 aliphatic rings. The average molecular weight is 257 g/mol. The lowest BCUT2D eigenvalue weighted by atomic mass is 9.97. The van der Waals surface area contributed by atoms with Crippen LogP contribution in [0, 0.1) is 11.6 Å². The topological polar surface area (TPSA) is 38.8 Å². The zero-order valence-corrected chi connectivity index (χ0v) is 10.1. The molecule has 0 radical (unpaired) electrons. The van der Waals surface area contributed by atoms with E-state index in [-0.39, 0.29) is 30.2 Å². The van der Waals surface area contributed by atoms with Gasteiger partial charge in [-0.25, -0.2) is 13.8 Å². The fourth-order valence-corrected chi connectivity index (χ4v) is 2.12. The molecule has 1 saturated heterocycles. The van der Waals surface area contributed by atoms with Gasteiger partial charge in [-0.3, -0.25) is 9.63 Å². The van der Waals surface area contributed by atoms with Crippen molar-refractivity contribution in [3.63, 3.8) is 0 Å². The van der Waals surface area contributed by atoms with Gasteiger partial charge in [0.1, 0.15) is 17.4 Å². The number of hydrogen-bond acceptors (Lipinski definition) is 3. The molecule has 1 fully saturated rings. The number of hydrogen-bond donors (Lipinski definition) is 0. The number of carbonyl (C=O) groups excluding carboxylic acids is 1. The van der Waals surface area contributed by atoms with Crippen LogP contribution in [0.15, 0.2) is 12.1 Å². The highest BCUT2D eigenvalue weighted by molar-refractivity contribution is 5.78. The normalized spacial score (nSPS) is 19.4. The molecule has 0 unspecified atom stereocenters. The summed E-state index contributed by atoms with van der Waals surface area (Å²) in [5.74, 6) is -2.12. The van der Waals surface area contributed by atoms with Crippen LogP contribution in [0.2, 0.25) is 0 Å². The van der Waals surface area contributed by atoms with Crippen LogP contribution < -0.4 is 4.74 Å². The van der Waals surface area contributed by atoms with Gasteiger partial charge in [0, 0.05) is 30.0 Å². The second kappa shape index (κ2) is 4.89. The van der Waals surface area contributed by atoms with E-state index in [2.05, 4.69) is 0 Å². The molecule has 6 heteroatoms. The summed E-state index contributed by atoms with van der Waals surface area (Å²) < 4.78 is 32.4. The van der Waals surface area contributed by atoms with Gasteiger partial charge in [0.05, 0.1) is 20.8 Å². The molecule has 0 saturated carbocycles. The SMILES string of the molecule is COc1cc(F)c([C@H]2CC(=O)N(OC)C2)c(F)c1. The predicted molar refractivity (Wildman–Crippen MR) is 59.0 cm³/mol. The first-order valence-corrected chi connectivity index (χ1v) is 5.44. The average Bonchev–Trinajstić information content (AvgIpc) is 2.69. The number of carbonyl (C=O) groups is 1. The van der Waals surface area contributed by atoms with Gasteiger partial charge in [-0.15, -0.1) is 0 Å². The predicted octanol–water partition coefficient (Wildman–Crippen LogP) is 1.85. The molecule has 0 N–H and O–H groups in total. The van der Waals surface area contributed by atoms with E-state index in [1.54, 1.807) is 0 Å². The molecule has 1 aromatic carbocycles. The van der Waals surface area contributed by atoms with Crippen LogP contribution in [0.5, 0.6) is 5.75 Å². The summed E-state index contributed by atoms with van der Waals surface area (Å²) in [6, 6.07) is 2.22. The summed E-state index contributed by atoms with van der Waals surface area (Å²) in [4.78, 5) is 16.3. The number of nitrogens with zero attached hydrogens (tertiary/aromatic N) is 1. The maximum atomic E-state index is 13.8. The minimum absolute atomic E-state index is 0.0357. The molecule has 0 bridgehead atoms. The Balaban J connectivity index is 2.32. The van der Waals surface area contributed by atoms with E-state index in [1.807, 2.05) is 0 Å². The first kappa shape index (κ1) is 12.8. The van der Waals surface area contributed by atoms with E-state index in [1.165, 1.54) is 14.2 Å². The summed E-state index contributed by atoms with van der Waals surface area (Å²) >= 11 is 0. The Bertz CT molecular complexity index is 455. The van der Waals surface area contributed by atoms with Crippen molar-refractivity contribution in [2.45, 2.75) is 12.3 Å². The molecule has 18 heavy (non-hydrogen) atoms. The molecule has 0 aromatic heterocycles. The zero-order valence-electron chi connectivity index (χ0n) is 10.1. The van der Waals surface area contributed by atoms with Gasteiger partial charge in [0.2, 0.25) is 5.91 Å². The van der Waals surface area contributed by atoms with Crippen molar-refractivity contribution in [3.8, 4) is 5.75 Å². The van der Waals surface area contributed by atoms with Gasteiger partial charge < -0.3 is 4.74 Å². The number of ether oxygens (including phenoxy) is 1. The second-order valence-electron chi connectivity index (χ2n) is 4.04. The van der Waals surface area contributed by atoms with Crippen molar-refractivity contribution in [2.24, 2.45) is 0 Å². The van der Waals surface area contributed by atoms with E-state index in [0.29, 0.717) is 0 Å². The van der Waals surface area contributed by atoms with Gasteiger partial charge in [-0.1, -0.05) is 0 Å². The summed E-state index contributed by atoms with van der Waals surface area (Å²) in [6.07, 6.45) is 0.0357. The molecule has 1 heterocycles. The van der Waals surface area contributed by atoms with Crippen molar-refractivity contribution >= 4 is 5.91 Å². The van der Waals surface area contributed by atoms with Crippen LogP contribution in [-0.4, -0.2) is 31.7 Å². The molecule has 4 nitrogen and oxygen atoms in total. The Morgan fingerprint density at radius 2 is 1.89 bits per heavy atom. The smallest absolute Gasteiger partial charge is 0.246 e. The Morgan fingerprint density at radius 3 is 2.33 bits per heavy atom. The molecular formula is C12H13F2NO3. The van der Waals surface area contributed by atoms with Crippen LogP contribution in [0.3, 0.4) is 0 Å². The van der Waals surface area contributed by atoms with Crippen LogP contribution in [0.25, 0.3) is 0 Å². The van der Waals surface area contributed by atoms with Gasteiger partial charge >= 0.3 is 0 Å². The largest absolute Gasteiger partial charge is 0.497 e. The third-order valence-corrected chi connectivity index (χ3v) is 3.00. The molecule has 1 amide bonds. The van der Waals surface area contributed by atoms with Crippen LogP contribution in [0.4, 0.5) is 8.78 Å². The lowest BCUT2D eigenvalue weighted by molar-refractivity contribution is -0.167. The van der Waals surface area contributed by atoms with Crippen molar-refractivity contribution in [1.82, 2.24) is 5.06 Å². The minimum Gasteiger partial charge on any atom is -0.497 e. The van der Waals surface area contributed by atoms with E-state index < -0.39 is 17.6 Å². The number of benzene rings is 1. The van der Waals surface area contributed by atoms with Gasteiger partial charge in [0.15, 0.2) is 0 Å². The highest BCUT2D eigenvalue weighted by Gasteiger charge is 2.34. The van der Waals surface area contributed by atoms with Crippen molar-refractivity contribution < 1.29 is 23.1 Å². The third-order valence-electron chi connectivity index (χ3n) is 3.00. The van der Waals surface area contributed by atoms with Crippen LogP contribution >= 0.6 is 0 Å². The van der Waals surface area contributed by atoms with Crippen molar-refractivity contribution in [2.75, 3.05) is 20.8 Å². The van der Waals surface area contributed by atoms with Gasteiger partial charge in [0.25, 0.3) is 0 Å². The molecule has 2 rings (SSSR count). The maximum absolute atomic E-state index is 13.8. The van der Waals surface area contributed by atoms with E-state index in [4.69, 9.17) is 9.57 Å². The van der Waals surface area contributed by atoms with Gasteiger partial charge in [-0.2, -0.15) is 0 Å². The fourth-order valence-electron chi connectivity index (χ4n) is 2.12. The van der Waals surface area contributed by atoms with Crippen molar-refractivity contribution in [3.05, 3.63) is 29.3 Å². The molecule has 1 aliphatic heterocycles. The number of halogens is 2. The van der Waals surface area contributed by atoms with E-state index >= 15 is 0 Å². The number of rotatable bonds is 3. The van der Waals surface area contributed by atoms with E-state index in [0.717, 1.165) is 17.2 Å². The second-order valence-corrected chi connectivity index (χ2v) is 4.04. The standard InChI is InChI=1S/C12H13F2NO3/c1-17-8-4-9(13)12(10(14)5-8)7-3-11(16)15(6-7)18-2/h4-5,7H,3,6H2,1-2H3/t7-/m0/s1. The fraction of sp³-hybridized carbons (Fsp3) is 0.417. The first-order valence-electron chi connectivity index (χ1n) is 5.44. The third kappa shape index (κ3) is 2.15. The molecular weight excluding hydrogens is 244 g/mol. The number of hydroxylamine groups is 2. The van der Waals surface area contributed by atoms with Crippen LogP contribution in [-0.2, 0) is 9.63 Å². The summed E-state index contributed by atoms with van der Waals surface area (Å²) in [5.41, 5.74) is -0.0938. The monoisotopic (exact) mass is 257 g/mol. The first-order chi connectivity index (χ1) is 8.56. The molecule has 1 atom stereocenters. The lowest BCUT2D eigenvalue weighted by Gasteiger charge is -2.14. The van der Waals surface area contributed by atoms with Gasteiger partial charge in [-0.05, 0) is 0 Å². The van der Waals surface area contributed by atoms with Crippen LogP contribution in [0.1, 0.15) is 17.9 Å².